The van der Waals surface area contributed by atoms with Crippen molar-refractivity contribution < 1.29 is 17.9 Å². The number of carbonyl (C=O) groups excluding carboxylic acids is 1. The number of amides is 1. The largest absolute Gasteiger partial charge is 0.368 e. The number of hydrogen-bond acceptors (Lipinski definition) is 4. The minimum absolute atomic E-state index is 0.0671. The molecule has 23 heavy (non-hydrogen) atoms. The molecule has 2 rings (SSSR count). The molecule has 0 spiro atoms. The van der Waals surface area contributed by atoms with Crippen molar-refractivity contribution in [2.45, 2.75) is 44.1 Å². The molecule has 0 aliphatic carbocycles. The van der Waals surface area contributed by atoms with E-state index in [1.54, 1.807) is 29.2 Å². The van der Waals surface area contributed by atoms with Gasteiger partial charge >= 0.3 is 0 Å². The van der Waals surface area contributed by atoms with E-state index in [-0.39, 0.29) is 18.2 Å². The Kier molecular flexibility index (Phi) is 6.18. The molecule has 6 heteroatoms. The molecule has 0 radical (unpaired) electrons. The summed E-state index contributed by atoms with van der Waals surface area (Å²) in [7, 11) is -3.38. The number of sulfone groups is 1. The molecule has 5 nitrogen and oxygen atoms in total. The minimum Gasteiger partial charge on any atom is -0.368 e. The van der Waals surface area contributed by atoms with Crippen molar-refractivity contribution in [3.05, 3.63) is 29.8 Å². The fourth-order valence-corrected chi connectivity index (χ4v) is 3.90. The van der Waals surface area contributed by atoms with Crippen LogP contribution in [0.4, 0.5) is 0 Å². The van der Waals surface area contributed by atoms with E-state index in [1.165, 1.54) is 0 Å². The first kappa shape index (κ1) is 17.9. The lowest BCUT2D eigenvalue weighted by Gasteiger charge is -2.28. The van der Waals surface area contributed by atoms with Crippen LogP contribution in [0.5, 0.6) is 0 Å². The molecule has 1 aromatic carbocycles. The van der Waals surface area contributed by atoms with Gasteiger partial charge in [0.2, 0.25) is 0 Å². The number of hydrogen-bond donors (Lipinski definition) is 0. The third-order valence-corrected chi connectivity index (χ3v) is 5.87. The molecule has 1 atom stereocenters. The normalized spacial score (nSPS) is 18.6. The van der Waals surface area contributed by atoms with Gasteiger partial charge in [0.15, 0.2) is 9.84 Å². The molecule has 1 heterocycles. The van der Waals surface area contributed by atoms with E-state index in [9.17, 15) is 13.2 Å². The van der Waals surface area contributed by atoms with Gasteiger partial charge < -0.3 is 9.64 Å². The second-order valence-corrected chi connectivity index (χ2v) is 8.01. The van der Waals surface area contributed by atoms with Crippen LogP contribution >= 0.6 is 0 Å². The number of nitrogens with zero attached hydrogens (tertiary/aromatic N) is 1. The first-order valence-electron chi connectivity index (χ1n) is 8.14. The highest BCUT2D eigenvalue weighted by Crippen LogP contribution is 2.16. The van der Waals surface area contributed by atoms with Crippen LogP contribution < -0.4 is 0 Å². The Morgan fingerprint density at radius 1 is 1.26 bits per heavy atom. The third-order valence-electron chi connectivity index (χ3n) is 4.16. The van der Waals surface area contributed by atoms with Crippen molar-refractivity contribution in [1.29, 1.82) is 0 Å². The average Bonchev–Trinajstić information content (AvgIpc) is 2.56. The summed E-state index contributed by atoms with van der Waals surface area (Å²) in [5, 5.41) is 0. The fraction of sp³-hybridized carbons (Fsp3) is 0.588. The molecule has 0 N–H and O–H groups in total. The average molecular weight is 339 g/mol. The Morgan fingerprint density at radius 2 is 1.96 bits per heavy atom. The van der Waals surface area contributed by atoms with Crippen molar-refractivity contribution in [3.8, 4) is 0 Å². The zero-order valence-electron chi connectivity index (χ0n) is 13.8. The van der Waals surface area contributed by atoms with Crippen LogP contribution in [0, 0.1) is 6.92 Å². The number of likely N-dealkylation sites (N-methyl/N-ethyl adjacent to an activating group) is 1. The van der Waals surface area contributed by atoms with E-state index in [4.69, 9.17) is 4.74 Å². The van der Waals surface area contributed by atoms with Gasteiger partial charge in [-0.3, -0.25) is 4.79 Å². The molecule has 1 amide bonds. The Bertz CT molecular complexity index is 618. The van der Waals surface area contributed by atoms with Crippen LogP contribution in [0.3, 0.4) is 0 Å². The third kappa shape index (κ3) is 4.78. The van der Waals surface area contributed by atoms with E-state index < -0.39 is 15.9 Å². The Labute approximate surface area is 138 Å². The summed E-state index contributed by atoms with van der Waals surface area (Å²) in [4.78, 5) is 14.3. The lowest BCUT2D eigenvalue weighted by molar-refractivity contribution is -0.146. The van der Waals surface area contributed by atoms with Crippen molar-refractivity contribution in [3.63, 3.8) is 0 Å². The van der Waals surface area contributed by atoms with Gasteiger partial charge in [-0.1, -0.05) is 17.7 Å². The number of rotatable bonds is 6. The first-order valence-corrected chi connectivity index (χ1v) is 9.79. The van der Waals surface area contributed by atoms with Gasteiger partial charge in [0.1, 0.15) is 6.10 Å². The maximum atomic E-state index is 12.4. The van der Waals surface area contributed by atoms with E-state index >= 15 is 0 Å². The van der Waals surface area contributed by atoms with Gasteiger partial charge in [-0.2, -0.15) is 0 Å². The molecule has 1 aromatic rings. The molecular weight excluding hydrogens is 314 g/mol. The predicted octanol–water partition coefficient (Wildman–Crippen LogP) is 2.19. The lowest BCUT2D eigenvalue weighted by atomic mass is 10.1. The summed E-state index contributed by atoms with van der Waals surface area (Å²) in [6, 6.07) is 6.80. The van der Waals surface area contributed by atoms with Crippen molar-refractivity contribution in [2.24, 2.45) is 0 Å². The quantitative estimate of drug-likeness (QED) is 0.797. The predicted molar refractivity (Wildman–Crippen MR) is 89.1 cm³/mol. The van der Waals surface area contributed by atoms with Crippen LogP contribution in [-0.2, 0) is 19.4 Å². The molecule has 1 aliphatic heterocycles. The highest BCUT2D eigenvalue weighted by molar-refractivity contribution is 7.91. The summed E-state index contributed by atoms with van der Waals surface area (Å²) in [6.07, 6.45) is 2.28. The summed E-state index contributed by atoms with van der Waals surface area (Å²) < 4.78 is 30.3. The summed E-state index contributed by atoms with van der Waals surface area (Å²) in [5.74, 6) is -0.158. The van der Waals surface area contributed by atoms with E-state index in [1.807, 2.05) is 13.8 Å². The molecule has 1 aliphatic rings. The molecule has 128 valence electrons. The van der Waals surface area contributed by atoms with Crippen LogP contribution in [0.15, 0.2) is 29.2 Å². The number of ether oxygens (including phenoxy) is 1. The van der Waals surface area contributed by atoms with E-state index in [0.29, 0.717) is 18.0 Å². The van der Waals surface area contributed by atoms with Crippen molar-refractivity contribution >= 4 is 15.7 Å². The maximum Gasteiger partial charge on any atom is 0.251 e. The molecule has 0 bridgehead atoms. The highest BCUT2D eigenvalue weighted by atomic mass is 32.2. The highest BCUT2D eigenvalue weighted by Gasteiger charge is 2.27. The monoisotopic (exact) mass is 339 g/mol. The zero-order chi connectivity index (χ0) is 16.9. The lowest BCUT2D eigenvalue weighted by Crippen LogP contribution is -2.43. The fourth-order valence-electron chi connectivity index (χ4n) is 2.66. The number of benzene rings is 1. The standard InChI is InChI=1S/C17H25NO4S/c1-3-18(17(19)16-6-4-5-12-22-16)11-13-23(20,21)15-9-7-14(2)8-10-15/h7-10,16H,3-6,11-13H2,1-2H3/t16-/m0/s1. The van der Waals surface area contributed by atoms with E-state index in [2.05, 4.69) is 0 Å². The second kappa shape index (κ2) is 7.93. The molecule has 0 unspecified atom stereocenters. The van der Waals surface area contributed by atoms with Gasteiger partial charge in [0.05, 0.1) is 10.6 Å². The van der Waals surface area contributed by atoms with Crippen molar-refractivity contribution in [1.82, 2.24) is 4.90 Å². The smallest absolute Gasteiger partial charge is 0.251 e. The van der Waals surface area contributed by atoms with Gasteiger partial charge in [-0.05, 0) is 45.2 Å². The Balaban J connectivity index is 1.98. The molecule has 0 saturated carbocycles. The van der Waals surface area contributed by atoms with E-state index in [0.717, 1.165) is 24.8 Å². The Hall–Kier alpha value is -1.40. The van der Waals surface area contributed by atoms with Crippen LogP contribution in [-0.4, -0.2) is 50.8 Å². The SMILES string of the molecule is CCN(CCS(=O)(=O)c1ccc(C)cc1)C(=O)[C@@H]1CCCCO1. The van der Waals surface area contributed by atoms with Crippen LogP contribution in [0.25, 0.3) is 0 Å². The Morgan fingerprint density at radius 3 is 2.52 bits per heavy atom. The number of carbonyl (C=O) groups is 1. The van der Waals surface area contributed by atoms with Crippen LogP contribution in [0.2, 0.25) is 0 Å². The summed E-state index contributed by atoms with van der Waals surface area (Å²) in [6.45, 7) is 5.07. The maximum absolute atomic E-state index is 12.4. The molecular formula is C17H25NO4S. The van der Waals surface area contributed by atoms with Gasteiger partial charge in [0, 0.05) is 19.7 Å². The summed E-state index contributed by atoms with van der Waals surface area (Å²) >= 11 is 0. The van der Waals surface area contributed by atoms with Crippen LogP contribution in [0.1, 0.15) is 31.7 Å². The van der Waals surface area contributed by atoms with Crippen molar-refractivity contribution in [2.75, 3.05) is 25.4 Å². The first-order chi connectivity index (χ1) is 10.9. The molecule has 1 fully saturated rings. The second-order valence-electron chi connectivity index (χ2n) is 5.91. The van der Waals surface area contributed by atoms with Gasteiger partial charge in [-0.25, -0.2) is 8.42 Å². The molecule has 1 saturated heterocycles. The summed E-state index contributed by atoms with van der Waals surface area (Å²) in [5.41, 5.74) is 1.02. The van der Waals surface area contributed by atoms with Gasteiger partial charge in [-0.15, -0.1) is 0 Å². The number of aryl methyl sites for hydroxylation is 1. The topological polar surface area (TPSA) is 63.7 Å². The minimum atomic E-state index is -3.38. The molecule has 0 aromatic heterocycles. The van der Waals surface area contributed by atoms with Gasteiger partial charge in [0.25, 0.3) is 5.91 Å². The zero-order valence-corrected chi connectivity index (χ0v) is 14.6.